The van der Waals surface area contributed by atoms with Gasteiger partial charge < -0.3 is 19.5 Å². The smallest absolute Gasteiger partial charge is 0.338 e. The summed E-state index contributed by atoms with van der Waals surface area (Å²) in [4.78, 5) is 37.6. The zero-order valence-corrected chi connectivity index (χ0v) is 24.0. The standard InChI is InChI=1S/C27H32ClFN4O5S/c1-5-37-25(34)21-19(14-33-9-11-36-12-10-33)30-23(32-22(21)17-8-7-16(29)13-18(17)28)24-31-20(15-39-24)27(3,4)26(35)38-6-2/h7-8,13,15,22H,5-6,9-12,14H2,1-4H3,(H,30,32). The Morgan fingerprint density at radius 2 is 1.95 bits per heavy atom. The molecule has 1 atom stereocenters. The molecule has 0 radical (unpaired) electrons. The summed E-state index contributed by atoms with van der Waals surface area (Å²) in [7, 11) is 0. The number of hydrogen-bond donors (Lipinski definition) is 1. The van der Waals surface area contributed by atoms with Crippen molar-refractivity contribution in [1.82, 2.24) is 15.2 Å². The third kappa shape index (κ3) is 6.49. The number of nitrogens with one attached hydrogen (secondary N) is 1. The number of benzene rings is 1. The van der Waals surface area contributed by atoms with Crippen LogP contribution < -0.4 is 5.32 Å². The fourth-order valence-corrected chi connectivity index (χ4v) is 5.50. The normalized spacial score (nSPS) is 18.4. The lowest BCUT2D eigenvalue weighted by molar-refractivity contribution is -0.149. The van der Waals surface area contributed by atoms with Crippen molar-refractivity contribution >= 4 is 40.7 Å². The number of esters is 2. The lowest BCUT2D eigenvalue weighted by Gasteiger charge is -2.32. The molecule has 1 unspecified atom stereocenters. The second-order valence-electron chi connectivity index (χ2n) is 9.56. The molecule has 2 aromatic rings. The van der Waals surface area contributed by atoms with E-state index in [1.807, 2.05) is 0 Å². The minimum atomic E-state index is -0.970. The number of halogens is 2. The van der Waals surface area contributed by atoms with Crippen molar-refractivity contribution in [3.63, 3.8) is 0 Å². The van der Waals surface area contributed by atoms with E-state index in [0.717, 1.165) is 0 Å². The number of carbonyl (C=O) groups excluding carboxylic acids is 2. The quantitative estimate of drug-likeness (QED) is 0.445. The van der Waals surface area contributed by atoms with E-state index < -0.39 is 23.2 Å². The van der Waals surface area contributed by atoms with E-state index >= 15 is 0 Å². The third-order valence-corrected chi connectivity index (χ3v) is 7.67. The maximum absolute atomic E-state index is 14.0. The van der Waals surface area contributed by atoms with E-state index in [2.05, 4.69) is 10.2 Å². The second kappa shape index (κ2) is 12.5. The number of thiazole rings is 1. The van der Waals surface area contributed by atoms with Gasteiger partial charge in [0.15, 0.2) is 10.8 Å². The maximum Gasteiger partial charge on any atom is 0.338 e. The van der Waals surface area contributed by atoms with Gasteiger partial charge in [-0.15, -0.1) is 11.3 Å². The average molecular weight is 579 g/mol. The first-order valence-corrected chi connectivity index (χ1v) is 14.0. The first kappa shape index (κ1) is 29.1. The summed E-state index contributed by atoms with van der Waals surface area (Å²) in [5.74, 6) is -1.01. The van der Waals surface area contributed by atoms with Crippen LogP contribution in [-0.4, -0.2) is 73.7 Å². The Balaban J connectivity index is 1.80. The highest BCUT2D eigenvalue weighted by Gasteiger charge is 2.37. The van der Waals surface area contributed by atoms with Crippen LogP contribution in [0.25, 0.3) is 0 Å². The van der Waals surface area contributed by atoms with E-state index in [9.17, 15) is 14.0 Å². The number of aliphatic imine (C=N–C) groups is 1. The summed E-state index contributed by atoms with van der Waals surface area (Å²) < 4.78 is 30.1. The summed E-state index contributed by atoms with van der Waals surface area (Å²) in [6.07, 6.45) is 0. The highest BCUT2D eigenvalue weighted by atomic mass is 35.5. The summed E-state index contributed by atoms with van der Waals surface area (Å²) in [6, 6.07) is 3.14. The van der Waals surface area contributed by atoms with Crippen LogP contribution in [0.1, 0.15) is 50.0 Å². The predicted octanol–water partition coefficient (Wildman–Crippen LogP) is 4.02. The van der Waals surface area contributed by atoms with Gasteiger partial charge in [-0.1, -0.05) is 17.7 Å². The molecule has 1 N–H and O–H groups in total. The van der Waals surface area contributed by atoms with E-state index in [1.165, 1.54) is 29.5 Å². The Kier molecular flexibility index (Phi) is 9.37. The van der Waals surface area contributed by atoms with Crippen LogP contribution in [0.4, 0.5) is 4.39 Å². The van der Waals surface area contributed by atoms with Crippen molar-refractivity contribution in [3.05, 3.63) is 62.0 Å². The zero-order valence-electron chi connectivity index (χ0n) is 22.4. The predicted molar refractivity (Wildman–Crippen MR) is 147 cm³/mol. The van der Waals surface area contributed by atoms with E-state index in [1.54, 1.807) is 33.1 Å². The minimum Gasteiger partial charge on any atom is -0.465 e. The zero-order chi connectivity index (χ0) is 28.2. The van der Waals surface area contributed by atoms with E-state index in [-0.39, 0.29) is 24.2 Å². The Morgan fingerprint density at radius 3 is 2.62 bits per heavy atom. The van der Waals surface area contributed by atoms with Crippen LogP contribution in [0.2, 0.25) is 5.02 Å². The van der Waals surface area contributed by atoms with Crippen LogP contribution >= 0.6 is 22.9 Å². The fraction of sp³-hybridized carbons (Fsp3) is 0.481. The van der Waals surface area contributed by atoms with Crippen LogP contribution in [0.5, 0.6) is 0 Å². The number of hydrogen-bond acceptors (Lipinski definition) is 10. The van der Waals surface area contributed by atoms with Crippen LogP contribution in [0.15, 0.2) is 39.8 Å². The number of ether oxygens (including phenoxy) is 3. The van der Waals surface area contributed by atoms with Gasteiger partial charge >= 0.3 is 11.9 Å². The Hall–Kier alpha value is -2.86. The van der Waals surface area contributed by atoms with Crippen molar-refractivity contribution in [2.75, 3.05) is 46.1 Å². The van der Waals surface area contributed by atoms with Crippen LogP contribution in [-0.2, 0) is 29.2 Å². The molecule has 1 aromatic heterocycles. The van der Waals surface area contributed by atoms with Gasteiger partial charge in [-0.2, -0.15) is 0 Å². The molecular formula is C27H32ClFN4O5S. The van der Waals surface area contributed by atoms with Crippen molar-refractivity contribution in [2.24, 2.45) is 4.99 Å². The molecule has 9 nitrogen and oxygen atoms in total. The molecular weight excluding hydrogens is 547 g/mol. The minimum absolute atomic E-state index is 0.140. The number of carbonyl (C=O) groups is 2. The maximum atomic E-state index is 14.0. The molecule has 1 saturated heterocycles. The first-order chi connectivity index (χ1) is 18.6. The fourth-order valence-electron chi connectivity index (χ4n) is 4.30. The van der Waals surface area contributed by atoms with E-state index in [0.29, 0.717) is 66.2 Å². The molecule has 2 aliphatic heterocycles. The molecule has 0 spiro atoms. The lowest BCUT2D eigenvalue weighted by atomic mass is 9.90. The van der Waals surface area contributed by atoms with Gasteiger partial charge in [-0.25, -0.2) is 14.2 Å². The molecule has 0 saturated carbocycles. The molecule has 0 amide bonds. The number of rotatable bonds is 9. The van der Waals surface area contributed by atoms with Gasteiger partial charge in [0, 0.05) is 41.3 Å². The lowest BCUT2D eigenvalue weighted by Crippen LogP contribution is -2.43. The highest BCUT2D eigenvalue weighted by molar-refractivity contribution is 7.11. The topological polar surface area (TPSA) is 102 Å². The molecule has 2 aliphatic rings. The summed E-state index contributed by atoms with van der Waals surface area (Å²) >= 11 is 7.79. The largest absolute Gasteiger partial charge is 0.465 e. The Labute approximate surface area is 236 Å². The van der Waals surface area contributed by atoms with Crippen LogP contribution in [0, 0.1) is 5.82 Å². The first-order valence-electron chi connectivity index (χ1n) is 12.8. The Morgan fingerprint density at radius 1 is 1.23 bits per heavy atom. The SMILES string of the molecule is CCOC(=O)C1=C(CN2CCOCC2)NC(c2nc(C(C)(C)C(=O)OCC)cs2)=NC1c1ccc(F)cc1Cl. The summed E-state index contributed by atoms with van der Waals surface area (Å²) in [5, 5.41) is 5.77. The third-order valence-electron chi connectivity index (χ3n) is 6.50. The van der Waals surface area contributed by atoms with Crippen molar-refractivity contribution < 1.29 is 28.2 Å². The van der Waals surface area contributed by atoms with Gasteiger partial charge in [0.05, 0.1) is 37.7 Å². The molecule has 3 heterocycles. The monoisotopic (exact) mass is 578 g/mol. The number of amidine groups is 1. The highest BCUT2D eigenvalue weighted by Crippen LogP contribution is 2.37. The van der Waals surface area contributed by atoms with E-state index in [4.69, 9.17) is 35.8 Å². The molecule has 210 valence electrons. The van der Waals surface area contributed by atoms with Crippen molar-refractivity contribution in [1.29, 1.82) is 0 Å². The molecule has 0 bridgehead atoms. The van der Waals surface area contributed by atoms with Gasteiger partial charge in [-0.05, 0) is 39.8 Å². The summed E-state index contributed by atoms with van der Waals surface area (Å²) in [6.45, 7) is 10.4. The average Bonchev–Trinajstić information content (AvgIpc) is 3.41. The van der Waals surface area contributed by atoms with Crippen molar-refractivity contribution in [3.8, 4) is 0 Å². The molecule has 4 rings (SSSR count). The van der Waals surface area contributed by atoms with Gasteiger partial charge in [0.2, 0.25) is 0 Å². The second-order valence-corrected chi connectivity index (χ2v) is 10.8. The van der Waals surface area contributed by atoms with Gasteiger partial charge in [0.1, 0.15) is 17.3 Å². The molecule has 1 aromatic carbocycles. The number of nitrogens with zero attached hydrogens (tertiary/aromatic N) is 3. The molecule has 1 fully saturated rings. The number of morpholine rings is 1. The Bertz CT molecular complexity index is 1290. The van der Waals surface area contributed by atoms with Gasteiger partial charge in [0.25, 0.3) is 0 Å². The number of aromatic nitrogens is 1. The molecule has 0 aliphatic carbocycles. The molecule has 12 heteroatoms. The van der Waals surface area contributed by atoms with Gasteiger partial charge in [-0.3, -0.25) is 14.7 Å². The van der Waals surface area contributed by atoms with Crippen molar-refractivity contribution in [2.45, 2.75) is 39.2 Å². The summed E-state index contributed by atoms with van der Waals surface area (Å²) in [5.41, 5.74) is 0.915. The van der Waals surface area contributed by atoms with Crippen LogP contribution in [0.3, 0.4) is 0 Å². The molecule has 39 heavy (non-hydrogen) atoms.